The predicted molar refractivity (Wildman–Crippen MR) is 102 cm³/mol. The summed E-state index contributed by atoms with van der Waals surface area (Å²) in [4.78, 5) is 24.0. The SMILES string of the molecule is CN(C)CCN(Cc1nccn1C)C(=O)C#Cc1cc2ccccc2[nH]1. The van der Waals surface area contributed by atoms with Crippen molar-refractivity contribution in [1.82, 2.24) is 24.3 Å². The lowest BCUT2D eigenvalue weighted by Crippen LogP contribution is -2.36. The molecule has 1 aromatic carbocycles. The maximum atomic E-state index is 12.7. The van der Waals surface area contributed by atoms with Crippen molar-refractivity contribution in [2.24, 2.45) is 7.05 Å². The van der Waals surface area contributed by atoms with Crippen LogP contribution in [0, 0.1) is 11.8 Å². The van der Waals surface area contributed by atoms with Gasteiger partial charge >= 0.3 is 0 Å². The molecule has 0 saturated heterocycles. The van der Waals surface area contributed by atoms with Crippen LogP contribution in [0.5, 0.6) is 0 Å². The van der Waals surface area contributed by atoms with Crippen LogP contribution in [0.1, 0.15) is 11.5 Å². The van der Waals surface area contributed by atoms with Gasteiger partial charge in [-0.3, -0.25) is 4.79 Å². The zero-order chi connectivity index (χ0) is 18.5. The number of nitrogens with zero attached hydrogens (tertiary/aromatic N) is 4. The van der Waals surface area contributed by atoms with Gasteiger partial charge in [0.25, 0.3) is 5.91 Å². The number of imidazole rings is 1. The van der Waals surface area contributed by atoms with Crippen molar-refractivity contribution in [2.75, 3.05) is 27.2 Å². The van der Waals surface area contributed by atoms with Gasteiger partial charge in [-0.25, -0.2) is 4.98 Å². The van der Waals surface area contributed by atoms with Gasteiger partial charge in [-0.2, -0.15) is 0 Å². The second kappa shape index (κ2) is 7.89. The summed E-state index contributed by atoms with van der Waals surface area (Å²) in [6, 6.07) is 9.92. The van der Waals surface area contributed by atoms with Gasteiger partial charge in [-0.15, -0.1) is 0 Å². The molecule has 3 aromatic rings. The molecule has 2 aromatic heterocycles. The van der Waals surface area contributed by atoms with Crippen LogP contribution in [-0.4, -0.2) is 57.4 Å². The molecule has 26 heavy (non-hydrogen) atoms. The van der Waals surface area contributed by atoms with Crippen LogP contribution in [-0.2, 0) is 18.4 Å². The number of aromatic nitrogens is 3. The Kier molecular flexibility index (Phi) is 5.40. The normalized spacial score (nSPS) is 10.8. The quantitative estimate of drug-likeness (QED) is 0.715. The second-order valence-electron chi connectivity index (χ2n) is 6.50. The number of likely N-dealkylation sites (N-methyl/N-ethyl adjacent to an activating group) is 1. The summed E-state index contributed by atoms with van der Waals surface area (Å²) in [6.45, 7) is 1.81. The third-order valence-electron chi connectivity index (χ3n) is 4.19. The minimum absolute atomic E-state index is 0.200. The Morgan fingerprint density at radius 2 is 2.08 bits per heavy atom. The average Bonchev–Trinajstić information content (AvgIpc) is 3.21. The van der Waals surface area contributed by atoms with Crippen molar-refractivity contribution in [3.8, 4) is 11.8 Å². The molecule has 0 radical (unpaired) electrons. The lowest BCUT2D eigenvalue weighted by atomic mass is 10.2. The smallest absolute Gasteiger partial charge is 0.299 e. The Balaban J connectivity index is 1.77. The summed E-state index contributed by atoms with van der Waals surface area (Å²) in [5.41, 5.74) is 1.76. The van der Waals surface area contributed by atoms with Crippen LogP contribution in [0.25, 0.3) is 10.9 Å². The summed E-state index contributed by atoms with van der Waals surface area (Å²) in [7, 11) is 5.90. The van der Waals surface area contributed by atoms with E-state index in [4.69, 9.17) is 0 Å². The van der Waals surface area contributed by atoms with Crippen LogP contribution in [0.2, 0.25) is 0 Å². The monoisotopic (exact) mass is 349 g/mol. The Morgan fingerprint density at radius 3 is 2.77 bits per heavy atom. The molecule has 0 saturated carbocycles. The number of para-hydroxylation sites is 1. The van der Waals surface area contributed by atoms with E-state index in [1.807, 2.05) is 67.1 Å². The van der Waals surface area contributed by atoms with Gasteiger partial charge in [0.05, 0.1) is 12.2 Å². The first-order valence-corrected chi connectivity index (χ1v) is 8.52. The topological polar surface area (TPSA) is 57.2 Å². The van der Waals surface area contributed by atoms with Crippen molar-refractivity contribution >= 4 is 16.8 Å². The highest BCUT2D eigenvalue weighted by Gasteiger charge is 2.14. The van der Waals surface area contributed by atoms with Crippen LogP contribution in [0.3, 0.4) is 0 Å². The number of aryl methyl sites for hydroxylation is 1. The van der Waals surface area contributed by atoms with Crippen molar-refractivity contribution in [1.29, 1.82) is 0 Å². The number of hydrogen-bond acceptors (Lipinski definition) is 3. The maximum absolute atomic E-state index is 12.7. The van der Waals surface area contributed by atoms with Crippen molar-refractivity contribution in [2.45, 2.75) is 6.54 Å². The molecular weight excluding hydrogens is 326 g/mol. The number of hydrogen-bond donors (Lipinski definition) is 1. The van der Waals surface area contributed by atoms with Crippen molar-refractivity contribution in [3.05, 3.63) is 54.2 Å². The summed E-state index contributed by atoms with van der Waals surface area (Å²) in [5.74, 6) is 6.36. The molecule has 0 aliphatic rings. The molecule has 0 atom stereocenters. The van der Waals surface area contributed by atoms with Crippen LogP contribution in [0.4, 0.5) is 0 Å². The number of carbonyl (C=O) groups excluding carboxylic acids is 1. The number of benzene rings is 1. The van der Waals surface area contributed by atoms with Crippen molar-refractivity contribution in [3.63, 3.8) is 0 Å². The highest BCUT2D eigenvalue weighted by molar-refractivity contribution is 5.94. The number of rotatable bonds is 5. The van der Waals surface area contributed by atoms with E-state index in [-0.39, 0.29) is 5.91 Å². The molecule has 2 heterocycles. The number of aromatic amines is 1. The summed E-state index contributed by atoms with van der Waals surface area (Å²) < 4.78 is 1.92. The fourth-order valence-corrected chi connectivity index (χ4v) is 2.63. The lowest BCUT2D eigenvalue weighted by Gasteiger charge is -2.22. The molecule has 1 amide bonds. The molecule has 0 aliphatic carbocycles. The predicted octanol–water partition coefficient (Wildman–Crippen LogP) is 1.84. The number of H-pyrrole nitrogens is 1. The first-order valence-electron chi connectivity index (χ1n) is 8.52. The van der Waals surface area contributed by atoms with E-state index in [0.717, 1.165) is 29.0 Å². The first kappa shape index (κ1) is 17.8. The zero-order valence-electron chi connectivity index (χ0n) is 15.4. The number of fused-ring (bicyclic) bond motifs is 1. The molecular formula is C20H23N5O. The molecule has 6 nitrogen and oxygen atoms in total. The van der Waals surface area contributed by atoms with Gasteiger partial charge in [0.1, 0.15) is 5.82 Å². The molecule has 1 N–H and O–H groups in total. The molecule has 0 spiro atoms. The molecule has 134 valence electrons. The van der Waals surface area contributed by atoms with E-state index in [9.17, 15) is 4.79 Å². The average molecular weight is 349 g/mol. The highest BCUT2D eigenvalue weighted by Crippen LogP contribution is 2.13. The highest BCUT2D eigenvalue weighted by atomic mass is 16.2. The van der Waals surface area contributed by atoms with Gasteiger partial charge in [-0.05, 0) is 32.1 Å². The largest absolute Gasteiger partial charge is 0.348 e. The second-order valence-corrected chi connectivity index (χ2v) is 6.50. The third kappa shape index (κ3) is 4.32. The van der Waals surface area contributed by atoms with Crippen LogP contribution < -0.4 is 0 Å². The fraction of sp³-hybridized carbons (Fsp3) is 0.300. The molecule has 3 rings (SSSR count). The Bertz CT molecular complexity index is 924. The van der Waals surface area contributed by atoms with E-state index < -0.39 is 0 Å². The van der Waals surface area contributed by atoms with E-state index in [1.54, 1.807) is 11.1 Å². The van der Waals surface area contributed by atoms with Gasteiger partial charge in [0.15, 0.2) is 0 Å². The summed E-state index contributed by atoms with van der Waals surface area (Å²) >= 11 is 0. The lowest BCUT2D eigenvalue weighted by molar-refractivity contribution is -0.126. The third-order valence-corrected chi connectivity index (χ3v) is 4.19. The molecule has 0 unspecified atom stereocenters. The van der Waals surface area contributed by atoms with Crippen LogP contribution >= 0.6 is 0 Å². The minimum atomic E-state index is -0.200. The maximum Gasteiger partial charge on any atom is 0.299 e. The van der Waals surface area contributed by atoms with Crippen LogP contribution in [0.15, 0.2) is 42.7 Å². The number of nitrogens with one attached hydrogen (secondary N) is 1. The standard InChI is InChI=1S/C20H23N5O/c1-23(2)12-13-25(15-19-21-10-11-24(19)3)20(26)9-8-17-14-16-6-4-5-7-18(16)22-17/h4-7,10-11,14,22H,12-13,15H2,1-3H3. The van der Waals surface area contributed by atoms with E-state index in [0.29, 0.717) is 13.1 Å². The van der Waals surface area contributed by atoms with E-state index in [2.05, 4.69) is 21.8 Å². The fourth-order valence-electron chi connectivity index (χ4n) is 2.63. The van der Waals surface area contributed by atoms with E-state index in [1.165, 1.54) is 0 Å². The van der Waals surface area contributed by atoms with Gasteiger partial charge in [0, 0.05) is 49.4 Å². The Hall–Kier alpha value is -3.04. The summed E-state index contributed by atoms with van der Waals surface area (Å²) in [5, 5.41) is 1.08. The van der Waals surface area contributed by atoms with E-state index >= 15 is 0 Å². The van der Waals surface area contributed by atoms with Gasteiger partial charge in [-0.1, -0.05) is 18.2 Å². The number of carbonyl (C=O) groups is 1. The first-order chi connectivity index (χ1) is 12.5. The van der Waals surface area contributed by atoms with Gasteiger partial charge < -0.3 is 19.4 Å². The molecule has 6 heteroatoms. The zero-order valence-corrected chi connectivity index (χ0v) is 15.4. The molecule has 0 bridgehead atoms. The summed E-state index contributed by atoms with van der Waals surface area (Å²) in [6.07, 6.45) is 3.61. The Labute approximate surface area is 153 Å². The Morgan fingerprint density at radius 1 is 1.27 bits per heavy atom. The van der Waals surface area contributed by atoms with Crippen molar-refractivity contribution < 1.29 is 4.79 Å². The number of amides is 1. The molecule has 0 fully saturated rings. The molecule has 0 aliphatic heterocycles. The minimum Gasteiger partial charge on any atom is -0.348 e. The van der Waals surface area contributed by atoms with Gasteiger partial charge in [0.2, 0.25) is 0 Å².